The number of nitriles is 1. The van der Waals surface area contributed by atoms with Gasteiger partial charge in [0.25, 0.3) is 0 Å². The molecule has 0 rings (SSSR count). The van der Waals surface area contributed by atoms with Gasteiger partial charge >= 0.3 is 0 Å². The Kier molecular flexibility index (Phi) is 3.21. The predicted octanol–water partition coefficient (Wildman–Crippen LogP) is 0.774. The maximum atomic E-state index is 8.47. The van der Waals surface area contributed by atoms with Crippen molar-refractivity contribution in [2.75, 3.05) is 6.61 Å². The third-order valence-electron chi connectivity index (χ3n) is 1.17. The zero-order valence-corrected chi connectivity index (χ0v) is 5.26. The quantitative estimate of drug-likeness (QED) is 0.575. The average molecular weight is 113 g/mol. The van der Waals surface area contributed by atoms with Crippen LogP contribution in [0.3, 0.4) is 0 Å². The summed E-state index contributed by atoms with van der Waals surface area (Å²) in [5.74, 6) is 0.0833. The summed E-state index contributed by atoms with van der Waals surface area (Å²) in [4.78, 5) is 0. The molecule has 0 aromatic rings. The van der Waals surface area contributed by atoms with Crippen molar-refractivity contribution in [3.8, 4) is 6.07 Å². The van der Waals surface area contributed by atoms with Gasteiger partial charge in [-0.3, -0.25) is 0 Å². The first kappa shape index (κ1) is 7.45. The van der Waals surface area contributed by atoms with Crippen LogP contribution in [0.5, 0.6) is 0 Å². The van der Waals surface area contributed by atoms with Gasteiger partial charge in [0.15, 0.2) is 0 Å². The summed E-state index contributed by atoms with van der Waals surface area (Å²) in [6.07, 6.45) is 0. The Balaban J connectivity index is 3.57. The molecule has 46 valence electrons. The molecule has 0 saturated carbocycles. The van der Waals surface area contributed by atoms with Crippen molar-refractivity contribution < 1.29 is 5.11 Å². The highest BCUT2D eigenvalue weighted by Gasteiger charge is 2.08. The lowest BCUT2D eigenvalue weighted by Gasteiger charge is -2.06. The third kappa shape index (κ3) is 1.94. The number of aliphatic hydroxyl groups excluding tert-OH is 1. The molecule has 1 atom stereocenters. The van der Waals surface area contributed by atoms with Crippen molar-refractivity contribution in [2.45, 2.75) is 13.8 Å². The Morgan fingerprint density at radius 2 is 2.12 bits per heavy atom. The fraction of sp³-hybridized carbons (Fsp3) is 0.833. The minimum absolute atomic E-state index is 0.0197. The smallest absolute Gasteiger partial charge is 0.0717 e. The Labute approximate surface area is 49.8 Å². The lowest BCUT2D eigenvalue weighted by Crippen LogP contribution is -2.09. The SMILES string of the molecule is CC(C)C(C#N)CO. The molecule has 0 amide bonds. The normalized spacial score (nSPS) is 13.4. The molecule has 1 N–H and O–H groups in total. The molecule has 0 aliphatic heterocycles. The Morgan fingerprint density at radius 1 is 1.62 bits per heavy atom. The first-order valence-corrected chi connectivity index (χ1v) is 2.72. The molecule has 8 heavy (non-hydrogen) atoms. The van der Waals surface area contributed by atoms with Gasteiger partial charge < -0.3 is 5.11 Å². The molecule has 0 bridgehead atoms. The van der Waals surface area contributed by atoms with Crippen molar-refractivity contribution >= 4 is 0 Å². The van der Waals surface area contributed by atoms with E-state index in [2.05, 4.69) is 0 Å². The molecule has 0 spiro atoms. The first-order valence-electron chi connectivity index (χ1n) is 2.72. The molecular formula is C6H11NO. The molecule has 0 aromatic heterocycles. The van der Waals surface area contributed by atoms with Gasteiger partial charge in [-0.05, 0) is 5.92 Å². The van der Waals surface area contributed by atoms with Crippen molar-refractivity contribution in [2.24, 2.45) is 11.8 Å². The summed E-state index contributed by atoms with van der Waals surface area (Å²) < 4.78 is 0. The summed E-state index contributed by atoms with van der Waals surface area (Å²) in [5, 5.41) is 16.8. The summed E-state index contributed by atoms with van der Waals surface area (Å²) in [5.41, 5.74) is 0. The van der Waals surface area contributed by atoms with E-state index >= 15 is 0 Å². The van der Waals surface area contributed by atoms with E-state index in [1.165, 1.54) is 0 Å². The summed E-state index contributed by atoms with van der Waals surface area (Å²) in [7, 11) is 0. The predicted molar refractivity (Wildman–Crippen MR) is 31.0 cm³/mol. The summed E-state index contributed by atoms with van der Waals surface area (Å²) in [6.45, 7) is 3.82. The standard InChI is InChI=1S/C6H11NO/c1-5(2)6(3-7)4-8/h5-6,8H,4H2,1-2H3. The number of hydrogen-bond acceptors (Lipinski definition) is 2. The van der Waals surface area contributed by atoms with Crippen LogP contribution in [0.15, 0.2) is 0 Å². The van der Waals surface area contributed by atoms with Crippen molar-refractivity contribution in [1.29, 1.82) is 5.26 Å². The number of rotatable bonds is 2. The maximum absolute atomic E-state index is 8.47. The van der Waals surface area contributed by atoms with E-state index in [0.717, 1.165) is 0 Å². The van der Waals surface area contributed by atoms with Crippen molar-refractivity contribution in [3.05, 3.63) is 0 Å². The van der Waals surface area contributed by atoms with Gasteiger partial charge in [-0.1, -0.05) is 13.8 Å². The van der Waals surface area contributed by atoms with Crippen LogP contribution in [-0.2, 0) is 0 Å². The molecule has 0 aromatic carbocycles. The van der Waals surface area contributed by atoms with Crippen molar-refractivity contribution in [3.63, 3.8) is 0 Å². The van der Waals surface area contributed by atoms with Crippen LogP contribution < -0.4 is 0 Å². The molecule has 2 nitrogen and oxygen atoms in total. The maximum Gasteiger partial charge on any atom is 0.0717 e. The number of nitrogens with zero attached hydrogens (tertiary/aromatic N) is 1. The lowest BCUT2D eigenvalue weighted by molar-refractivity contribution is 0.226. The van der Waals surface area contributed by atoms with Crippen LogP contribution in [0.25, 0.3) is 0 Å². The average Bonchev–Trinajstić information content (AvgIpc) is 1.69. The zero-order valence-electron chi connectivity index (χ0n) is 5.26. The fourth-order valence-corrected chi connectivity index (χ4v) is 0.401. The van der Waals surface area contributed by atoms with E-state index in [4.69, 9.17) is 10.4 Å². The van der Waals surface area contributed by atoms with Crippen LogP contribution in [0.2, 0.25) is 0 Å². The second-order valence-electron chi connectivity index (χ2n) is 2.16. The van der Waals surface area contributed by atoms with Crippen molar-refractivity contribution in [1.82, 2.24) is 0 Å². The summed E-state index contributed by atoms with van der Waals surface area (Å²) in [6, 6.07) is 2.00. The Morgan fingerprint density at radius 3 is 2.12 bits per heavy atom. The minimum Gasteiger partial charge on any atom is -0.395 e. The topological polar surface area (TPSA) is 44.0 Å². The Hall–Kier alpha value is -0.550. The van der Waals surface area contributed by atoms with E-state index in [1.54, 1.807) is 0 Å². The van der Waals surface area contributed by atoms with E-state index < -0.39 is 0 Å². The van der Waals surface area contributed by atoms with Gasteiger partial charge in [0.2, 0.25) is 0 Å². The lowest BCUT2D eigenvalue weighted by atomic mass is 9.99. The van der Waals surface area contributed by atoms with E-state index in [-0.39, 0.29) is 18.4 Å². The van der Waals surface area contributed by atoms with Gasteiger partial charge in [-0.15, -0.1) is 0 Å². The molecule has 0 aliphatic carbocycles. The molecule has 0 fully saturated rings. The molecule has 0 aliphatic rings. The Bertz CT molecular complexity index is 93.2. The fourth-order valence-electron chi connectivity index (χ4n) is 0.401. The van der Waals surface area contributed by atoms with E-state index in [0.29, 0.717) is 0 Å². The second kappa shape index (κ2) is 3.45. The first-order chi connectivity index (χ1) is 3.72. The molecule has 0 radical (unpaired) electrons. The minimum atomic E-state index is -0.185. The van der Waals surface area contributed by atoms with E-state index in [9.17, 15) is 0 Å². The number of hydrogen-bond donors (Lipinski definition) is 1. The third-order valence-corrected chi connectivity index (χ3v) is 1.17. The highest BCUT2D eigenvalue weighted by Crippen LogP contribution is 2.06. The van der Waals surface area contributed by atoms with Crippen LogP contribution in [0.1, 0.15) is 13.8 Å². The van der Waals surface area contributed by atoms with Gasteiger partial charge in [0.05, 0.1) is 18.6 Å². The molecule has 2 heteroatoms. The van der Waals surface area contributed by atoms with Crippen LogP contribution >= 0.6 is 0 Å². The van der Waals surface area contributed by atoms with Gasteiger partial charge in [0.1, 0.15) is 0 Å². The zero-order chi connectivity index (χ0) is 6.57. The number of aliphatic hydroxyl groups is 1. The second-order valence-corrected chi connectivity index (χ2v) is 2.16. The molecular weight excluding hydrogens is 102 g/mol. The summed E-state index contributed by atoms with van der Waals surface area (Å²) >= 11 is 0. The molecule has 0 saturated heterocycles. The van der Waals surface area contributed by atoms with Crippen LogP contribution in [0.4, 0.5) is 0 Å². The van der Waals surface area contributed by atoms with Gasteiger partial charge in [-0.25, -0.2) is 0 Å². The van der Waals surface area contributed by atoms with Crippen LogP contribution in [-0.4, -0.2) is 11.7 Å². The molecule has 0 heterocycles. The molecule has 1 unspecified atom stereocenters. The van der Waals surface area contributed by atoms with Gasteiger partial charge in [0, 0.05) is 0 Å². The largest absolute Gasteiger partial charge is 0.395 e. The van der Waals surface area contributed by atoms with E-state index in [1.807, 2.05) is 19.9 Å². The highest BCUT2D eigenvalue weighted by molar-refractivity contribution is 4.83. The van der Waals surface area contributed by atoms with Gasteiger partial charge in [-0.2, -0.15) is 5.26 Å². The monoisotopic (exact) mass is 113 g/mol. The highest BCUT2D eigenvalue weighted by atomic mass is 16.3. The van der Waals surface area contributed by atoms with Crippen LogP contribution in [0, 0.1) is 23.2 Å².